The lowest BCUT2D eigenvalue weighted by Crippen LogP contribution is -2.15. The lowest BCUT2D eigenvalue weighted by molar-refractivity contribution is -0.384. The number of non-ortho nitro benzene ring substituents is 1. The predicted octanol–water partition coefficient (Wildman–Crippen LogP) is 3.98. The summed E-state index contributed by atoms with van der Waals surface area (Å²) in [6, 6.07) is 9.97. The summed E-state index contributed by atoms with van der Waals surface area (Å²) >= 11 is 2.74. The van der Waals surface area contributed by atoms with Crippen LogP contribution in [0, 0.1) is 10.1 Å². The molecule has 0 spiro atoms. The summed E-state index contributed by atoms with van der Waals surface area (Å²) in [7, 11) is 0. The Balaban J connectivity index is 1.83. The SMILES string of the molecule is CCn1c(=NC(=O)c2ccc3ncsc3c2)sc2cc([N+](=O)[O-])ccc21. The molecule has 0 aliphatic carbocycles. The Morgan fingerprint density at radius 3 is 2.88 bits per heavy atom. The number of thiazole rings is 2. The van der Waals surface area contributed by atoms with Crippen molar-refractivity contribution in [1.82, 2.24) is 9.55 Å². The highest BCUT2D eigenvalue weighted by Crippen LogP contribution is 2.23. The number of rotatable bonds is 3. The van der Waals surface area contributed by atoms with Crippen molar-refractivity contribution in [1.29, 1.82) is 0 Å². The zero-order valence-electron chi connectivity index (χ0n) is 13.6. The zero-order chi connectivity index (χ0) is 18.3. The average Bonchev–Trinajstić information content (AvgIpc) is 3.23. The fourth-order valence-electron chi connectivity index (χ4n) is 2.71. The monoisotopic (exact) mass is 384 g/mol. The van der Waals surface area contributed by atoms with E-state index < -0.39 is 4.92 Å². The van der Waals surface area contributed by atoms with Crippen LogP contribution in [-0.4, -0.2) is 20.4 Å². The van der Waals surface area contributed by atoms with Gasteiger partial charge in [-0.15, -0.1) is 11.3 Å². The van der Waals surface area contributed by atoms with Crippen molar-refractivity contribution in [2.24, 2.45) is 4.99 Å². The van der Waals surface area contributed by atoms with E-state index in [1.54, 1.807) is 29.8 Å². The van der Waals surface area contributed by atoms with Gasteiger partial charge in [0.15, 0.2) is 4.80 Å². The molecular weight excluding hydrogens is 372 g/mol. The van der Waals surface area contributed by atoms with Gasteiger partial charge in [-0.3, -0.25) is 14.9 Å². The second-order valence-corrected chi connectivity index (χ2v) is 7.39. The van der Waals surface area contributed by atoms with Gasteiger partial charge in [-0.2, -0.15) is 4.99 Å². The van der Waals surface area contributed by atoms with Gasteiger partial charge < -0.3 is 4.57 Å². The topological polar surface area (TPSA) is 90.4 Å². The lowest BCUT2D eigenvalue weighted by atomic mass is 10.2. The number of benzene rings is 2. The van der Waals surface area contributed by atoms with Crippen LogP contribution >= 0.6 is 22.7 Å². The van der Waals surface area contributed by atoms with Gasteiger partial charge >= 0.3 is 0 Å². The molecule has 0 atom stereocenters. The molecule has 7 nitrogen and oxygen atoms in total. The van der Waals surface area contributed by atoms with E-state index in [1.807, 2.05) is 11.5 Å². The molecule has 0 N–H and O–H groups in total. The molecule has 0 radical (unpaired) electrons. The molecule has 1 amide bonds. The van der Waals surface area contributed by atoms with E-state index in [1.165, 1.54) is 34.8 Å². The standard InChI is InChI=1S/C17H12N4O3S2/c1-2-20-13-6-4-11(21(23)24)8-15(13)26-17(20)19-16(22)10-3-5-12-14(7-10)25-9-18-12/h3-9H,2H2,1H3. The van der Waals surface area contributed by atoms with Gasteiger partial charge in [-0.1, -0.05) is 11.3 Å². The average molecular weight is 384 g/mol. The van der Waals surface area contributed by atoms with Gasteiger partial charge in [-0.05, 0) is 31.2 Å². The molecule has 2 aromatic carbocycles. The highest BCUT2D eigenvalue weighted by atomic mass is 32.1. The van der Waals surface area contributed by atoms with E-state index >= 15 is 0 Å². The maximum atomic E-state index is 12.6. The molecule has 0 unspecified atom stereocenters. The Bertz CT molecular complexity index is 1240. The van der Waals surface area contributed by atoms with Gasteiger partial charge in [0.2, 0.25) is 0 Å². The molecule has 0 fully saturated rings. The van der Waals surface area contributed by atoms with E-state index in [0.29, 0.717) is 16.9 Å². The second kappa shape index (κ2) is 6.43. The zero-order valence-corrected chi connectivity index (χ0v) is 15.2. The van der Waals surface area contributed by atoms with Crippen molar-refractivity contribution in [2.45, 2.75) is 13.5 Å². The van der Waals surface area contributed by atoms with E-state index in [2.05, 4.69) is 9.98 Å². The van der Waals surface area contributed by atoms with Gasteiger partial charge in [0.1, 0.15) is 0 Å². The molecule has 4 aromatic rings. The molecule has 0 saturated heterocycles. The van der Waals surface area contributed by atoms with Crippen LogP contribution in [0.3, 0.4) is 0 Å². The second-order valence-electron chi connectivity index (χ2n) is 5.49. The molecule has 4 rings (SSSR count). The Morgan fingerprint density at radius 2 is 2.12 bits per heavy atom. The number of amides is 1. The third kappa shape index (κ3) is 2.80. The van der Waals surface area contributed by atoms with Crippen LogP contribution in [0.5, 0.6) is 0 Å². The first-order valence-electron chi connectivity index (χ1n) is 7.77. The van der Waals surface area contributed by atoms with Crippen molar-refractivity contribution >= 4 is 54.7 Å². The third-order valence-electron chi connectivity index (χ3n) is 3.97. The Hall–Kier alpha value is -2.91. The number of nitro groups is 1. The van der Waals surface area contributed by atoms with Crippen LogP contribution in [0.4, 0.5) is 5.69 Å². The first-order valence-corrected chi connectivity index (χ1v) is 9.46. The summed E-state index contributed by atoms with van der Waals surface area (Å²) in [5.41, 5.74) is 3.93. The quantitative estimate of drug-likeness (QED) is 0.395. The van der Waals surface area contributed by atoms with E-state index in [4.69, 9.17) is 0 Å². The molecule has 0 aliphatic heterocycles. The Kier molecular flexibility index (Phi) is 4.09. The van der Waals surface area contributed by atoms with Crippen molar-refractivity contribution in [3.05, 3.63) is 62.4 Å². The number of hydrogen-bond donors (Lipinski definition) is 0. The minimum Gasteiger partial charge on any atom is -0.317 e. The van der Waals surface area contributed by atoms with E-state index in [-0.39, 0.29) is 11.6 Å². The van der Waals surface area contributed by atoms with Crippen molar-refractivity contribution < 1.29 is 9.72 Å². The number of carbonyl (C=O) groups excluding carboxylic acids is 1. The number of carbonyl (C=O) groups is 1. The van der Waals surface area contributed by atoms with Crippen LogP contribution in [0.15, 0.2) is 46.9 Å². The van der Waals surface area contributed by atoms with Crippen LogP contribution < -0.4 is 4.80 Å². The fourth-order valence-corrected chi connectivity index (χ4v) is 4.55. The largest absolute Gasteiger partial charge is 0.317 e. The first-order chi connectivity index (χ1) is 12.6. The highest BCUT2D eigenvalue weighted by Gasteiger charge is 2.13. The van der Waals surface area contributed by atoms with Crippen molar-refractivity contribution in [3.63, 3.8) is 0 Å². The maximum Gasteiger partial charge on any atom is 0.279 e. The number of aromatic nitrogens is 2. The molecule has 0 saturated carbocycles. The summed E-state index contributed by atoms with van der Waals surface area (Å²) < 4.78 is 3.54. The normalized spacial score (nSPS) is 12.1. The number of nitro benzene ring substituents is 1. The molecule has 0 aliphatic rings. The van der Waals surface area contributed by atoms with Gasteiger partial charge in [0.25, 0.3) is 11.6 Å². The Labute approximate surface area is 155 Å². The number of aryl methyl sites for hydroxylation is 1. The summed E-state index contributed by atoms with van der Waals surface area (Å²) in [6.45, 7) is 2.55. The van der Waals surface area contributed by atoms with E-state index in [9.17, 15) is 14.9 Å². The minimum absolute atomic E-state index is 0.0236. The van der Waals surface area contributed by atoms with E-state index in [0.717, 1.165) is 20.4 Å². The third-order valence-corrected chi connectivity index (χ3v) is 5.80. The summed E-state index contributed by atoms with van der Waals surface area (Å²) in [6.07, 6.45) is 0. The molecule has 2 heterocycles. The van der Waals surface area contributed by atoms with Gasteiger partial charge in [0.05, 0.1) is 30.9 Å². The van der Waals surface area contributed by atoms with Gasteiger partial charge in [-0.25, -0.2) is 4.98 Å². The molecule has 9 heteroatoms. The lowest BCUT2D eigenvalue weighted by Gasteiger charge is -2.00. The number of hydrogen-bond acceptors (Lipinski definition) is 6. The highest BCUT2D eigenvalue weighted by molar-refractivity contribution is 7.17. The fraction of sp³-hybridized carbons (Fsp3) is 0.118. The maximum absolute atomic E-state index is 12.6. The number of nitrogens with zero attached hydrogens (tertiary/aromatic N) is 4. The van der Waals surface area contributed by atoms with Crippen molar-refractivity contribution in [2.75, 3.05) is 0 Å². The first kappa shape index (κ1) is 16.6. The van der Waals surface area contributed by atoms with Gasteiger partial charge in [0, 0.05) is 24.2 Å². The van der Waals surface area contributed by atoms with Crippen LogP contribution in [0.25, 0.3) is 20.4 Å². The van der Waals surface area contributed by atoms with Crippen molar-refractivity contribution in [3.8, 4) is 0 Å². The molecule has 0 bridgehead atoms. The molecule has 26 heavy (non-hydrogen) atoms. The smallest absolute Gasteiger partial charge is 0.279 e. The molecular formula is C17H12N4O3S2. The van der Waals surface area contributed by atoms with Crippen LogP contribution in [-0.2, 0) is 6.54 Å². The number of fused-ring (bicyclic) bond motifs is 2. The predicted molar refractivity (Wildman–Crippen MR) is 102 cm³/mol. The molecule has 2 aromatic heterocycles. The minimum atomic E-state index is -0.429. The van der Waals surface area contributed by atoms with Crippen LogP contribution in [0.1, 0.15) is 17.3 Å². The Morgan fingerprint density at radius 1 is 1.27 bits per heavy atom. The summed E-state index contributed by atoms with van der Waals surface area (Å²) in [5.74, 6) is -0.344. The molecule has 130 valence electrons. The summed E-state index contributed by atoms with van der Waals surface area (Å²) in [4.78, 5) is 32.1. The van der Waals surface area contributed by atoms with Crippen LogP contribution in [0.2, 0.25) is 0 Å². The summed E-state index contributed by atoms with van der Waals surface area (Å²) in [5, 5.41) is 11.0.